The van der Waals surface area contributed by atoms with Gasteiger partial charge >= 0.3 is 0 Å². The van der Waals surface area contributed by atoms with E-state index in [-0.39, 0.29) is 23.8 Å². The first-order valence-corrected chi connectivity index (χ1v) is 10.1. The van der Waals surface area contributed by atoms with Crippen molar-refractivity contribution in [2.45, 2.75) is 66.0 Å². The first-order valence-electron chi connectivity index (χ1n) is 10.1. The summed E-state index contributed by atoms with van der Waals surface area (Å²) in [6.45, 7) is 8.88. The third kappa shape index (κ3) is 5.98. The minimum atomic E-state index is 0.0291. The van der Waals surface area contributed by atoms with Crippen molar-refractivity contribution in [3.8, 4) is 0 Å². The molecule has 27 heavy (non-hydrogen) atoms. The van der Waals surface area contributed by atoms with Crippen LogP contribution in [-0.2, 0) is 16.1 Å². The van der Waals surface area contributed by atoms with E-state index < -0.39 is 0 Å². The van der Waals surface area contributed by atoms with Gasteiger partial charge in [-0.1, -0.05) is 20.8 Å². The predicted molar refractivity (Wildman–Crippen MR) is 112 cm³/mol. The summed E-state index contributed by atoms with van der Waals surface area (Å²) in [5.41, 5.74) is 2.94. The molecule has 0 aromatic heterocycles. The lowest BCUT2D eigenvalue weighted by atomic mass is 10.1. The highest BCUT2D eigenvalue weighted by Gasteiger charge is 2.35. The third-order valence-corrected chi connectivity index (χ3v) is 5.11. The van der Waals surface area contributed by atoms with Crippen LogP contribution in [0.5, 0.6) is 0 Å². The molecule has 2 rings (SSSR count). The topological polar surface area (TPSA) is 52.7 Å². The summed E-state index contributed by atoms with van der Waals surface area (Å²) in [5, 5.41) is 3.00. The summed E-state index contributed by atoms with van der Waals surface area (Å²) < 4.78 is 0. The van der Waals surface area contributed by atoms with Crippen molar-refractivity contribution in [1.82, 2.24) is 4.90 Å². The Morgan fingerprint density at radius 3 is 2.37 bits per heavy atom. The lowest BCUT2D eigenvalue weighted by molar-refractivity contribution is -0.135. The van der Waals surface area contributed by atoms with Crippen LogP contribution in [0.4, 0.5) is 11.4 Å². The molecule has 150 valence electrons. The van der Waals surface area contributed by atoms with Crippen molar-refractivity contribution < 1.29 is 9.59 Å². The smallest absolute Gasteiger partial charge is 0.226 e. The van der Waals surface area contributed by atoms with Gasteiger partial charge in [-0.2, -0.15) is 0 Å². The zero-order valence-electron chi connectivity index (χ0n) is 17.7. The number of hydrogen-bond acceptors (Lipinski definition) is 3. The van der Waals surface area contributed by atoms with E-state index in [9.17, 15) is 9.59 Å². The van der Waals surface area contributed by atoms with E-state index in [1.54, 1.807) is 0 Å². The highest BCUT2D eigenvalue weighted by molar-refractivity contribution is 5.91. The first kappa shape index (κ1) is 21.3. The lowest BCUT2D eigenvalue weighted by Crippen LogP contribution is -2.39. The first-order chi connectivity index (χ1) is 12.7. The van der Waals surface area contributed by atoms with Gasteiger partial charge in [-0.25, -0.2) is 0 Å². The number of benzene rings is 1. The van der Waals surface area contributed by atoms with Crippen LogP contribution in [-0.4, -0.2) is 36.9 Å². The van der Waals surface area contributed by atoms with E-state index in [0.717, 1.165) is 36.2 Å². The summed E-state index contributed by atoms with van der Waals surface area (Å²) in [4.78, 5) is 29.0. The Kier molecular flexibility index (Phi) is 7.28. The van der Waals surface area contributed by atoms with Gasteiger partial charge in [0.05, 0.1) is 0 Å². The maximum atomic E-state index is 12.8. The van der Waals surface area contributed by atoms with Gasteiger partial charge in [0.15, 0.2) is 0 Å². The van der Waals surface area contributed by atoms with Gasteiger partial charge in [-0.15, -0.1) is 0 Å². The fourth-order valence-corrected chi connectivity index (χ4v) is 3.23. The SMILES string of the molecule is CC[C@H](C)N(Cc1cc(NC(=O)CC(C)C)ccc1N(C)C)C(=O)C1CC1. The molecule has 1 atom stereocenters. The predicted octanol–water partition coefficient (Wildman–Crippen LogP) is 4.27. The minimum absolute atomic E-state index is 0.0291. The second kappa shape index (κ2) is 9.25. The van der Waals surface area contributed by atoms with E-state index in [4.69, 9.17) is 0 Å². The molecule has 1 saturated carbocycles. The van der Waals surface area contributed by atoms with Crippen LogP contribution in [0.25, 0.3) is 0 Å². The summed E-state index contributed by atoms with van der Waals surface area (Å²) in [6, 6.07) is 6.18. The van der Waals surface area contributed by atoms with Crippen molar-refractivity contribution in [3.05, 3.63) is 23.8 Å². The maximum absolute atomic E-state index is 12.8. The van der Waals surface area contributed by atoms with Crippen LogP contribution >= 0.6 is 0 Å². The monoisotopic (exact) mass is 373 g/mol. The molecular formula is C22H35N3O2. The van der Waals surface area contributed by atoms with Gasteiger partial charge in [-0.05, 0) is 55.9 Å². The maximum Gasteiger partial charge on any atom is 0.226 e. The molecule has 0 unspecified atom stereocenters. The average molecular weight is 374 g/mol. The van der Waals surface area contributed by atoms with Crippen molar-refractivity contribution in [1.29, 1.82) is 0 Å². The Morgan fingerprint density at radius 1 is 1.19 bits per heavy atom. The fourth-order valence-electron chi connectivity index (χ4n) is 3.23. The molecule has 1 aromatic carbocycles. The Labute approximate surface area is 164 Å². The van der Waals surface area contributed by atoms with Crippen molar-refractivity contribution in [3.63, 3.8) is 0 Å². The average Bonchev–Trinajstić information content (AvgIpc) is 3.42. The Morgan fingerprint density at radius 2 is 1.85 bits per heavy atom. The largest absolute Gasteiger partial charge is 0.377 e. The van der Waals surface area contributed by atoms with E-state index in [2.05, 4.69) is 24.1 Å². The number of amides is 2. The standard InChI is InChI=1S/C22H35N3O2/c1-7-16(4)25(22(27)17-8-9-17)14-18-13-19(10-11-20(18)24(5)6)23-21(26)12-15(2)3/h10-11,13,15-17H,7-9,12,14H2,1-6H3,(H,23,26)/t16-/m0/s1. The van der Waals surface area contributed by atoms with E-state index in [1.807, 2.05) is 51.0 Å². The second-order valence-electron chi connectivity index (χ2n) is 8.38. The van der Waals surface area contributed by atoms with Gasteiger partial charge < -0.3 is 15.1 Å². The van der Waals surface area contributed by atoms with Crippen LogP contribution in [0.1, 0.15) is 58.9 Å². The summed E-state index contributed by atoms with van der Waals surface area (Å²) >= 11 is 0. The Balaban J connectivity index is 2.26. The quantitative estimate of drug-likeness (QED) is 0.703. The number of rotatable bonds is 9. The fraction of sp³-hybridized carbons (Fsp3) is 0.636. The van der Waals surface area contributed by atoms with Crippen molar-refractivity contribution in [2.75, 3.05) is 24.3 Å². The number of hydrogen-bond donors (Lipinski definition) is 1. The molecule has 1 fully saturated rings. The highest BCUT2D eigenvalue weighted by atomic mass is 16.2. The van der Waals surface area contributed by atoms with E-state index in [0.29, 0.717) is 18.9 Å². The zero-order chi connectivity index (χ0) is 20.1. The van der Waals surface area contributed by atoms with Crippen molar-refractivity contribution in [2.24, 2.45) is 11.8 Å². The van der Waals surface area contributed by atoms with Crippen molar-refractivity contribution >= 4 is 23.2 Å². The summed E-state index contributed by atoms with van der Waals surface area (Å²) in [6.07, 6.45) is 3.46. The van der Waals surface area contributed by atoms with Crippen LogP contribution in [0.2, 0.25) is 0 Å². The van der Waals surface area contributed by atoms with Crippen LogP contribution < -0.4 is 10.2 Å². The molecule has 2 amide bonds. The molecule has 0 heterocycles. The number of anilines is 2. The molecule has 0 aliphatic heterocycles. The number of carbonyl (C=O) groups is 2. The summed E-state index contributed by atoms with van der Waals surface area (Å²) in [5.74, 6) is 0.822. The number of nitrogens with zero attached hydrogens (tertiary/aromatic N) is 2. The molecule has 5 heteroatoms. The Hall–Kier alpha value is -2.04. The van der Waals surface area contributed by atoms with Gasteiger partial charge in [0.25, 0.3) is 0 Å². The molecule has 0 spiro atoms. The van der Waals surface area contributed by atoms with Crippen LogP contribution in [0.15, 0.2) is 18.2 Å². The third-order valence-electron chi connectivity index (χ3n) is 5.11. The number of nitrogens with one attached hydrogen (secondary N) is 1. The molecule has 0 saturated heterocycles. The molecule has 0 bridgehead atoms. The molecule has 1 aliphatic carbocycles. The zero-order valence-corrected chi connectivity index (χ0v) is 17.7. The normalized spacial score (nSPS) is 14.8. The van der Waals surface area contributed by atoms with Gasteiger partial charge in [0, 0.05) is 50.4 Å². The van der Waals surface area contributed by atoms with Gasteiger partial charge in [0.2, 0.25) is 11.8 Å². The van der Waals surface area contributed by atoms with Crippen LogP contribution in [0, 0.1) is 11.8 Å². The Bertz CT molecular complexity index is 666. The molecule has 1 N–H and O–H groups in total. The van der Waals surface area contributed by atoms with Gasteiger partial charge in [-0.3, -0.25) is 9.59 Å². The van der Waals surface area contributed by atoms with E-state index in [1.165, 1.54) is 0 Å². The summed E-state index contributed by atoms with van der Waals surface area (Å²) in [7, 11) is 4.01. The number of carbonyl (C=O) groups excluding carboxylic acids is 2. The molecule has 1 aliphatic rings. The minimum Gasteiger partial charge on any atom is -0.377 e. The van der Waals surface area contributed by atoms with Crippen LogP contribution in [0.3, 0.4) is 0 Å². The van der Waals surface area contributed by atoms with Gasteiger partial charge in [0.1, 0.15) is 0 Å². The molecule has 0 radical (unpaired) electrons. The molecule has 5 nitrogen and oxygen atoms in total. The second-order valence-corrected chi connectivity index (χ2v) is 8.38. The lowest BCUT2D eigenvalue weighted by Gasteiger charge is -2.31. The highest BCUT2D eigenvalue weighted by Crippen LogP contribution is 2.34. The van der Waals surface area contributed by atoms with E-state index >= 15 is 0 Å². The molecular weight excluding hydrogens is 338 g/mol. The molecule has 1 aromatic rings.